The van der Waals surface area contributed by atoms with Gasteiger partial charge >= 0.3 is 0 Å². The van der Waals surface area contributed by atoms with E-state index in [9.17, 15) is 13.2 Å². The number of hydrogen-bond donors (Lipinski definition) is 1. The second-order valence-electron chi connectivity index (χ2n) is 4.75. The summed E-state index contributed by atoms with van der Waals surface area (Å²) in [6, 6.07) is 4.49. The van der Waals surface area contributed by atoms with Crippen LogP contribution in [-0.2, 0) is 14.8 Å². The standard InChI is InChI=1S/C15H24N2O4S/c1-5-8-15(18)16-13-11-12(9-10-14(13)21-4)22(19,20)17(6-2)7-3/h9-11H,5-8H2,1-4H3,(H,16,18). The van der Waals surface area contributed by atoms with Crippen molar-refractivity contribution in [3.8, 4) is 5.75 Å². The molecule has 1 aromatic rings. The van der Waals surface area contributed by atoms with Gasteiger partial charge in [0.05, 0.1) is 17.7 Å². The number of hydrogen-bond acceptors (Lipinski definition) is 4. The molecule has 1 aromatic carbocycles. The first-order valence-electron chi connectivity index (χ1n) is 7.38. The van der Waals surface area contributed by atoms with Crippen molar-refractivity contribution in [1.29, 1.82) is 0 Å². The van der Waals surface area contributed by atoms with E-state index < -0.39 is 10.0 Å². The predicted molar refractivity (Wildman–Crippen MR) is 86.6 cm³/mol. The predicted octanol–water partition coefficient (Wildman–Crippen LogP) is 2.46. The van der Waals surface area contributed by atoms with E-state index in [1.807, 2.05) is 6.92 Å². The normalized spacial score (nSPS) is 11.5. The van der Waals surface area contributed by atoms with Crippen LogP contribution in [0.3, 0.4) is 0 Å². The molecule has 7 heteroatoms. The molecular weight excluding hydrogens is 304 g/mol. The Bertz CT molecular complexity index is 610. The van der Waals surface area contributed by atoms with E-state index in [0.29, 0.717) is 37.4 Å². The molecule has 1 amide bonds. The van der Waals surface area contributed by atoms with Crippen molar-refractivity contribution < 1.29 is 17.9 Å². The van der Waals surface area contributed by atoms with Gasteiger partial charge < -0.3 is 10.1 Å². The summed E-state index contributed by atoms with van der Waals surface area (Å²) in [4.78, 5) is 11.9. The van der Waals surface area contributed by atoms with Gasteiger partial charge in [-0.25, -0.2) is 8.42 Å². The second kappa shape index (κ2) is 8.14. The molecule has 0 saturated heterocycles. The average Bonchev–Trinajstić information content (AvgIpc) is 2.48. The molecule has 1 rings (SSSR count). The molecule has 0 unspecified atom stereocenters. The van der Waals surface area contributed by atoms with Crippen molar-refractivity contribution >= 4 is 21.6 Å². The van der Waals surface area contributed by atoms with Crippen molar-refractivity contribution in [3.63, 3.8) is 0 Å². The summed E-state index contributed by atoms with van der Waals surface area (Å²) < 4.78 is 31.6. The third-order valence-corrected chi connectivity index (χ3v) is 5.31. The lowest BCUT2D eigenvalue weighted by atomic mass is 10.2. The lowest BCUT2D eigenvalue weighted by molar-refractivity contribution is -0.116. The summed E-state index contributed by atoms with van der Waals surface area (Å²) >= 11 is 0. The van der Waals surface area contributed by atoms with Crippen LogP contribution >= 0.6 is 0 Å². The van der Waals surface area contributed by atoms with Gasteiger partial charge in [0.25, 0.3) is 0 Å². The average molecular weight is 328 g/mol. The lowest BCUT2D eigenvalue weighted by Crippen LogP contribution is -2.30. The summed E-state index contributed by atoms with van der Waals surface area (Å²) in [5.41, 5.74) is 0.370. The number of nitrogens with one attached hydrogen (secondary N) is 1. The molecular formula is C15H24N2O4S. The number of ether oxygens (including phenoxy) is 1. The molecule has 0 aliphatic rings. The van der Waals surface area contributed by atoms with E-state index in [1.165, 1.54) is 23.5 Å². The van der Waals surface area contributed by atoms with E-state index in [4.69, 9.17) is 4.74 Å². The SMILES string of the molecule is CCCC(=O)Nc1cc(S(=O)(=O)N(CC)CC)ccc1OC. The molecule has 124 valence electrons. The van der Waals surface area contributed by atoms with Gasteiger partial charge in [-0.3, -0.25) is 4.79 Å². The first-order chi connectivity index (χ1) is 10.4. The highest BCUT2D eigenvalue weighted by atomic mass is 32.2. The Kier molecular flexibility index (Phi) is 6.83. The fourth-order valence-electron chi connectivity index (χ4n) is 2.10. The largest absolute Gasteiger partial charge is 0.495 e. The fourth-order valence-corrected chi connectivity index (χ4v) is 3.58. The van der Waals surface area contributed by atoms with Crippen molar-refractivity contribution in [2.45, 2.75) is 38.5 Å². The molecule has 0 aliphatic heterocycles. The van der Waals surface area contributed by atoms with Gasteiger partial charge in [-0.15, -0.1) is 0 Å². The van der Waals surface area contributed by atoms with E-state index in [2.05, 4.69) is 5.32 Å². The number of nitrogens with zero attached hydrogens (tertiary/aromatic N) is 1. The molecule has 0 aromatic heterocycles. The summed E-state index contributed by atoms with van der Waals surface area (Å²) in [5.74, 6) is 0.265. The monoisotopic (exact) mass is 328 g/mol. The van der Waals surface area contributed by atoms with Crippen molar-refractivity contribution in [2.75, 3.05) is 25.5 Å². The van der Waals surface area contributed by atoms with Gasteiger partial charge in [-0.05, 0) is 24.6 Å². The lowest BCUT2D eigenvalue weighted by Gasteiger charge is -2.19. The molecule has 0 atom stereocenters. The van der Waals surface area contributed by atoms with E-state index in [1.54, 1.807) is 19.9 Å². The summed E-state index contributed by atoms with van der Waals surface area (Å²) in [5, 5.41) is 2.70. The highest BCUT2D eigenvalue weighted by Crippen LogP contribution is 2.29. The van der Waals surface area contributed by atoms with Crippen molar-refractivity contribution in [1.82, 2.24) is 4.31 Å². The van der Waals surface area contributed by atoms with Crippen LogP contribution in [0.25, 0.3) is 0 Å². The van der Waals surface area contributed by atoms with E-state index in [0.717, 1.165) is 0 Å². The second-order valence-corrected chi connectivity index (χ2v) is 6.69. The third kappa shape index (κ3) is 4.20. The number of carbonyl (C=O) groups is 1. The molecule has 0 spiro atoms. The topological polar surface area (TPSA) is 75.7 Å². The molecule has 0 saturated carbocycles. The highest BCUT2D eigenvalue weighted by Gasteiger charge is 2.23. The smallest absolute Gasteiger partial charge is 0.243 e. The third-order valence-electron chi connectivity index (χ3n) is 3.27. The Balaban J connectivity index is 3.22. The van der Waals surface area contributed by atoms with Gasteiger partial charge in [0.15, 0.2) is 0 Å². The van der Waals surface area contributed by atoms with Crippen LogP contribution in [0, 0.1) is 0 Å². The summed E-state index contributed by atoms with van der Waals surface area (Å²) in [7, 11) is -2.09. The minimum Gasteiger partial charge on any atom is -0.495 e. The van der Waals surface area contributed by atoms with Gasteiger partial charge in [0.1, 0.15) is 5.75 Å². The van der Waals surface area contributed by atoms with E-state index in [-0.39, 0.29) is 10.8 Å². The van der Waals surface area contributed by atoms with Crippen LogP contribution in [0.2, 0.25) is 0 Å². The minimum atomic E-state index is -3.57. The molecule has 0 bridgehead atoms. The Morgan fingerprint density at radius 2 is 1.86 bits per heavy atom. The summed E-state index contributed by atoms with van der Waals surface area (Å²) in [6.45, 7) is 6.26. The fraction of sp³-hybridized carbons (Fsp3) is 0.533. The number of rotatable bonds is 8. The van der Waals surface area contributed by atoms with Crippen molar-refractivity contribution in [3.05, 3.63) is 18.2 Å². The van der Waals surface area contributed by atoms with Gasteiger partial charge in [0, 0.05) is 19.5 Å². The van der Waals surface area contributed by atoms with Crippen LogP contribution in [0.15, 0.2) is 23.1 Å². The molecule has 6 nitrogen and oxygen atoms in total. The Morgan fingerprint density at radius 1 is 1.23 bits per heavy atom. The van der Waals surface area contributed by atoms with Crippen molar-refractivity contribution in [2.24, 2.45) is 0 Å². The maximum Gasteiger partial charge on any atom is 0.243 e. The zero-order valence-electron chi connectivity index (χ0n) is 13.5. The molecule has 0 aliphatic carbocycles. The molecule has 0 radical (unpaired) electrons. The Hall–Kier alpha value is -1.60. The number of anilines is 1. The Labute approximate surface area is 132 Å². The number of sulfonamides is 1. The highest BCUT2D eigenvalue weighted by molar-refractivity contribution is 7.89. The van der Waals surface area contributed by atoms with Gasteiger partial charge in [0.2, 0.25) is 15.9 Å². The number of benzene rings is 1. The number of carbonyl (C=O) groups excluding carboxylic acids is 1. The van der Waals surface area contributed by atoms with Gasteiger partial charge in [-0.2, -0.15) is 4.31 Å². The minimum absolute atomic E-state index is 0.142. The van der Waals surface area contributed by atoms with Crippen LogP contribution in [0.4, 0.5) is 5.69 Å². The van der Waals surface area contributed by atoms with Gasteiger partial charge in [-0.1, -0.05) is 20.8 Å². The Morgan fingerprint density at radius 3 is 2.36 bits per heavy atom. The van der Waals surface area contributed by atoms with Crippen LogP contribution < -0.4 is 10.1 Å². The quantitative estimate of drug-likeness (QED) is 0.795. The van der Waals surface area contributed by atoms with E-state index >= 15 is 0 Å². The molecule has 0 fully saturated rings. The maximum absolute atomic E-state index is 12.5. The maximum atomic E-state index is 12.5. The number of methoxy groups -OCH3 is 1. The summed E-state index contributed by atoms with van der Waals surface area (Å²) in [6.07, 6.45) is 1.09. The zero-order chi connectivity index (χ0) is 16.8. The van der Waals surface area contributed by atoms with Crippen LogP contribution in [-0.4, -0.2) is 38.8 Å². The first-order valence-corrected chi connectivity index (χ1v) is 8.82. The molecule has 22 heavy (non-hydrogen) atoms. The molecule has 0 heterocycles. The number of amides is 1. The van der Waals surface area contributed by atoms with Crippen LogP contribution in [0.5, 0.6) is 5.75 Å². The zero-order valence-corrected chi connectivity index (χ0v) is 14.4. The first kappa shape index (κ1) is 18.4. The molecule has 1 N–H and O–H groups in total. The van der Waals surface area contributed by atoms with Crippen LogP contribution in [0.1, 0.15) is 33.6 Å².